The van der Waals surface area contributed by atoms with E-state index in [1.165, 1.54) is 6.07 Å². The van der Waals surface area contributed by atoms with Crippen LogP contribution in [0.1, 0.15) is 18.5 Å². The van der Waals surface area contributed by atoms with Crippen LogP contribution in [0.2, 0.25) is 0 Å². The van der Waals surface area contributed by atoms with Crippen LogP contribution >= 0.6 is 11.8 Å². The molecule has 0 radical (unpaired) electrons. The van der Waals surface area contributed by atoms with Crippen LogP contribution in [0, 0.1) is 5.82 Å². The van der Waals surface area contributed by atoms with E-state index in [9.17, 15) is 9.59 Å². The number of hydrogen-bond acceptors (Lipinski definition) is 7. The summed E-state index contributed by atoms with van der Waals surface area (Å²) in [5.41, 5.74) is 9.77. The minimum atomic E-state index is -0.441. The smallest absolute Gasteiger partial charge is 0.290 e. The maximum atomic E-state index is 15.1. The molecule has 1 aromatic carbocycles. The van der Waals surface area contributed by atoms with Crippen molar-refractivity contribution >= 4 is 45.7 Å². The van der Waals surface area contributed by atoms with Gasteiger partial charge in [-0.15, -0.1) is 0 Å². The molecule has 2 aromatic heterocycles. The second-order valence-electron chi connectivity index (χ2n) is 7.83. The van der Waals surface area contributed by atoms with Crippen molar-refractivity contribution < 1.29 is 14.0 Å². The highest BCUT2D eigenvalue weighted by molar-refractivity contribution is 8.18. The van der Waals surface area contributed by atoms with Gasteiger partial charge >= 0.3 is 0 Å². The summed E-state index contributed by atoms with van der Waals surface area (Å²) in [4.78, 5) is 34.5. The Bertz CT molecular complexity index is 1280. The number of aromatic nitrogens is 2. The fourth-order valence-corrected chi connectivity index (χ4v) is 4.74. The Morgan fingerprint density at radius 1 is 1.22 bits per heavy atom. The van der Waals surface area contributed by atoms with Crippen molar-refractivity contribution in [3.63, 3.8) is 0 Å². The Morgan fingerprint density at radius 2 is 2.09 bits per heavy atom. The van der Waals surface area contributed by atoms with Crippen LogP contribution in [0.25, 0.3) is 28.2 Å². The first-order valence-corrected chi connectivity index (χ1v) is 11.1. The molecule has 3 N–H and O–H groups in total. The zero-order valence-electron chi connectivity index (χ0n) is 17.0. The molecule has 0 bridgehead atoms. The highest BCUT2D eigenvalue weighted by atomic mass is 32.2. The molecule has 2 aliphatic heterocycles. The molecule has 0 spiro atoms. The molecule has 2 fully saturated rings. The van der Waals surface area contributed by atoms with Gasteiger partial charge in [0.05, 0.1) is 27.3 Å². The van der Waals surface area contributed by atoms with E-state index in [1.807, 2.05) is 11.0 Å². The summed E-state index contributed by atoms with van der Waals surface area (Å²) in [6.45, 7) is 1.43. The Hall–Kier alpha value is -3.30. The minimum absolute atomic E-state index is 0.0547. The first kappa shape index (κ1) is 20.6. The second-order valence-corrected chi connectivity index (χ2v) is 8.84. The van der Waals surface area contributed by atoms with Gasteiger partial charge in [0, 0.05) is 30.9 Å². The number of rotatable bonds is 3. The number of pyridine rings is 2. The van der Waals surface area contributed by atoms with Gasteiger partial charge in [-0.25, -0.2) is 9.37 Å². The topological polar surface area (TPSA) is 101 Å². The minimum Gasteiger partial charge on any atom is -0.368 e. The Balaban J connectivity index is 1.52. The molecule has 3 aromatic rings. The Labute approximate surface area is 187 Å². The fourth-order valence-electron chi connectivity index (χ4n) is 4.07. The van der Waals surface area contributed by atoms with E-state index in [0.717, 1.165) is 36.7 Å². The van der Waals surface area contributed by atoms with Gasteiger partial charge in [0.2, 0.25) is 0 Å². The number of anilines is 1. The van der Waals surface area contributed by atoms with Crippen molar-refractivity contribution in [1.29, 1.82) is 0 Å². The van der Waals surface area contributed by atoms with Crippen molar-refractivity contribution in [1.82, 2.24) is 15.3 Å². The summed E-state index contributed by atoms with van der Waals surface area (Å²) in [5, 5.41) is 1.82. The molecule has 1 atom stereocenters. The monoisotopic (exact) mass is 449 g/mol. The molecule has 0 saturated carbocycles. The first-order valence-electron chi connectivity index (χ1n) is 10.3. The number of benzene rings is 1. The van der Waals surface area contributed by atoms with Crippen molar-refractivity contribution in [2.45, 2.75) is 18.9 Å². The van der Waals surface area contributed by atoms with Gasteiger partial charge in [-0.05, 0) is 66.6 Å². The van der Waals surface area contributed by atoms with Crippen LogP contribution in [0.15, 0.2) is 47.5 Å². The van der Waals surface area contributed by atoms with Crippen molar-refractivity contribution in [2.24, 2.45) is 5.73 Å². The molecule has 2 amide bonds. The van der Waals surface area contributed by atoms with Crippen molar-refractivity contribution in [3.05, 3.63) is 59.0 Å². The summed E-state index contributed by atoms with van der Waals surface area (Å²) in [5.74, 6) is -0.749. The van der Waals surface area contributed by atoms with Crippen molar-refractivity contribution in [3.8, 4) is 11.1 Å². The van der Waals surface area contributed by atoms with Gasteiger partial charge in [0.1, 0.15) is 5.82 Å². The van der Waals surface area contributed by atoms with E-state index in [1.54, 1.807) is 36.5 Å². The number of hydrogen-bond donors (Lipinski definition) is 2. The van der Waals surface area contributed by atoms with Gasteiger partial charge < -0.3 is 10.6 Å². The van der Waals surface area contributed by atoms with Crippen LogP contribution in [0.3, 0.4) is 0 Å². The fraction of sp³-hybridized carbons (Fsp3) is 0.217. The summed E-state index contributed by atoms with van der Waals surface area (Å²) in [6, 6.07) is 10.5. The summed E-state index contributed by atoms with van der Waals surface area (Å²) in [6.07, 6.45) is 5.12. The molecule has 2 saturated heterocycles. The van der Waals surface area contributed by atoms with E-state index in [-0.39, 0.29) is 16.8 Å². The largest absolute Gasteiger partial charge is 0.368 e. The summed E-state index contributed by atoms with van der Waals surface area (Å²) >= 11 is 0.834. The van der Waals surface area contributed by atoms with E-state index in [2.05, 4.69) is 15.3 Å². The molecule has 7 nitrogen and oxygen atoms in total. The number of nitrogens with zero attached hydrogens (tertiary/aromatic N) is 3. The summed E-state index contributed by atoms with van der Waals surface area (Å²) in [7, 11) is 0. The van der Waals surface area contributed by atoms with Crippen LogP contribution in [-0.2, 0) is 4.79 Å². The van der Waals surface area contributed by atoms with E-state index in [0.29, 0.717) is 34.5 Å². The zero-order chi connectivity index (χ0) is 22.2. The molecular weight excluding hydrogens is 429 g/mol. The molecule has 4 heterocycles. The number of carbonyl (C=O) groups excluding carboxylic acids is 2. The average molecular weight is 450 g/mol. The summed E-state index contributed by atoms with van der Waals surface area (Å²) < 4.78 is 15.1. The Morgan fingerprint density at radius 3 is 2.84 bits per heavy atom. The maximum Gasteiger partial charge on any atom is 0.290 e. The number of fused-ring (bicyclic) bond motifs is 1. The molecule has 32 heavy (non-hydrogen) atoms. The number of thioether (sulfide) groups is 1. The maximum absolute atomic E-state index is 15.1. The van der Waals surface area contributed by atoms with Gasteiger partial charge in [-0.3, -0.25) is 19.9 Å². The van der Waals surface area contributed by atoms with Crippen LogP contribution in [0.4, 0.5) is 14.9 Å². The highest BCUT2D eigenvalue weighted by Gasteiger charge is 2.25. The first-order chi connectivity index (χ1) is 15.5. The number of carbonyl (C=O) groups is 2. The molecule has 2 aliphatic rings. The standard InChI is InChI=1S/C23H20FN5O2S/c24-17-10-13(3-6-19(17)29-9-1-2-14(25)12-29)16-7-8-26-18-5-4-15(27-21(16)18)11-20-22(30)28-23(31)32-20/h3-8,10-11,14H,1-2,9,12,25H2,(H,28,30,31)/t14-/m1/s1. The van der Waals surface area contributed by atoms with Crippen molar-refractivity contribution in [2.75, 3.05) is 18.0 Å². The molecule has 5 rings (SSSR count). The number of piperidine rings is 1. The van der Waals surface area contributed by atoms with Gasteiger partial charge in [0.25, 0.3) is 11.1 Å². The molecule has 9 heteroatoms. The van der Waals surface area contributed by atoms with Crippen LogP contribution in [-0.4, -0.2) is 40.2 Å². The predicted molar refractivity (Wildman–Crippen MR) is 123 cm³/mol. The normalized spacial score (nSPS) is 20.2. The lowest BCUT2D eigenvalue weighted by Gasteiger charge is -2.32. The third kappa shape index (κ3) is 3.96. The van der Waals surface area contributed by atoms with E-state index >= 15 is 4.39 Å². The van der Waals surface area contributed by atoms with Crippen LogP contribution < -0.4 is 16.0 Å². The Kier molecular flexibility index (Phi) is 5.36. The lowest BCUT2D eigenvalue weighted by Crippen LogP contribution is -2.43. The highest BCUT2D eigenvalue weighted by Crippen LogP contribution is 2.32. The molecular formula is C23H20FN5O2S. The third-order valence-electron chi connectivity index (χ3n) is 5.58. The SMILES string of the molecule is N[C@@H]1CCCN(c2ccc(-c3ccnc4ccc(C=C5SC(=O)NC5=O)nc34)cc2F)C1. The lowest BCUT2D eigenvalue weighted by molar-refractivity contribution is -0.115. The van der Waals surface area contributed by atoms with Gasteiger partial charge in [-0.2, -0.15) is 0 Å². The number of nitrogens with one attached hydrogen (secondary N) is 1. The molecule has 162 valence electrons. The second kappa shape index (κ2) is 8.33. The predicted octanol–water partition coefficient (Wildman–Crippen LogP) is 3.69. The van der Waals surface area contributed by atoms with Crippen LogP contribution in [0.5, 0.6) is 0 Å². The number of halogens is 1. The number of imide groups is 1. The number of nitrogens with two attached hydrogens (primary N) is 1. The lowest BCUT2D eigenvalue weighted by atomic mass is 10.0. The number of amides is 2. The molecule has 0 aliphatic carbocycles. The quantitative estimate of drug-likeness (QED) is 0.588. The van der Waals surface area contributed by atoms with Gasteiger partial charge in [-0.1, -0.05) is 6.07 Å². The van der Waals surface area contributed by atoms with Gasteiger partial charge in [0.15, 0.2) is 0 Å². The molecule has 0 unspecified atom stereocenters. The van der Waals surface area contributed by atoms with E-state index in [4.69, 9.17) is 5.73 Å². The third-order valence-corrected chi connectivity index (χ3v) is 6.39. The zero-order valence-corrected chi connectivity index (χ0v) is 17.9. The average Bonchev–Trinajstić information content (AvgIpc) is 3.09. The van der Waals surface area contributed by atoms with E-state index < -0.39 is 11.1 Å².